The second-order valence-electron chi connectivity index (χ2n) is 4.70. The summed E-state index contributed by atoms with van der Waals surface area (Å²) in [5.74, 6) is -0.860. The van der Waals surface area contributed by atoms with Crippen molar-refractivity contribution in [2.45, 2.75) is 6.54 Å². The van der Waals surface area contributed by atoms with Gasteiger partial charge in [-0.05, 0) is 12.1 Å². The quantitative estimate of drug-likeness (QED) is 0.899. The zero-order chi connectivity index (χ0) is 14.8. The summed E-state index contributed by atoms with van der Waals surface area (Å²) in [4.78, 5) is 23.8. The third-order valence-electron chi connectivity index (χ3n) is 3.23. The first-order valence-corrected chi connectivity index (χ1v) is 6.92. The number of hydrogen-bond donors (Lipinski definition) is 1. The molecule has 2 aromatic rings. The first kappa shape index (κ1) is 14.1. The number of oxazole rings is 1. The molecule has 0 spiro atoms. The molecule has 3 rings (SSSR count). The fraction of sp³-hybridized carbons (Fsp3) is 0.385. The van der Waals surface area contributed by atoms with Crippen LogP contribution in [0.1, 0.15) is 0 Å². The number of hydrazine groups is 1. The van der Waals surface area contributed by atoms with Gasteiger partial charge in [-0.2, -0.15) is 0 Å². The van der Waals surface area contributed by atoms with E-state index in [1.807, 2.05) is 0 Å². The van der Waals surface area contributed by atoms with E-state index in [9.17, 15) is 9.59 Å². The molecule has 7 nitrogen and oxygen atoms in total. The van der Waals surface area contributed by atoms with Crippen LogP contribution in [0.2, 0.25) is 5.02 Å². The van der Waals surface area contributed by atoms with E-state index in [4.69, 9.17) is 20.8 Å². The third-order valence-corrected chi connectivity index (χ3v) is 3.46. The van der Waals surface area contributed by atoms with E-state index in [-0.39, 0.29) is 12.5 Å². The molecule has 0 atom stereocenters. The first-order valence-electron chi connectivity index (χ1n) is 6.54. The Morgan fingerprint density at radius 2 is 2.10 bits per heavy atom. The van der Waals surface area contributed by atoms with Crippen LogP contribution in [0.5, 0.6) is 0 Å². The largest absolute Gasteiger partial charge is 0.420 e. The lowest BCUT2D eigenvalue weighted by molar-refractivity contribution is -0.128. The normalized spacial score (nSPS) is 16.2. The van der Waals surface area contributed by atoms with Gasteiger partial charge in [-0.1, -0.05) is 11.6 Å². The van der Waals surface area contributed by atoms with Gasteiger partial charge in [-0.15, -0.1) is 0 Å². The summed E-state index contributed by atoms with van der Waals surface area (Å²) in [7, 11) is 0. The molecular formula is C13H14ClN3O4. The molecule has 2 heterocycles. The molecule has 1 aromatic heterocycles. The lowest BCUT2D eigenvalue weighted by Crippen LogP contribution is -2.49. The van der Waals surface area contributed by atoms with Crippen molar-refractivity contribution in [1.82, 2.24) is 15.0 Å². The van der Waals surface area contributed by atoms with Gasteiger partial charge in [0.15, 0.2) is 5.58 Å². The lowest BCUT2D eigenvalue weighted by atomic mass is 10.3. The molecule has 0 bridgehead atoms. The van der Waals surface area contributed by atoms with Crippen molar-refractivity contribution in [3.05, 3.63) is 33.8 Å². The van der Waals surface area contributed by atoms with E-state index in [0.29, 0.717) is 42.4 Å². The molecule has 112 valence electrons. The summed E-state index contributed by atoms with van der Waals surface area (Å²) in [5.41, 5.74) is 3.66. The number of nitrogens with zero attached hydrogens (tertiary/aromatic N) is 2. The number of aromatic nitrogens is 1. The monoisotopic (exact) mass is 311 g/mol. The zero-order valence-corrected chi connectivity index (χ0v) is 11.9. The number of hydrogen-bond acceptors (Lipinski definition) is 5. The number of fused-ring (bicyclic) bond motifs is 1. The Balaban J connectivity index is 1.76. The maximum absolute atomic E-state index is 12.0. The molecule has 1 amide bonds. The van der Waals surface area contributed by atoms with Crippen molar-refractivity contribution in [3.63, 3.8) is 0 Å². The zero-order valence-electron chi connectivity index (χ0n) is 11.2. The van der Waals surface area contributed by atoms with E-state index >= 15 is 0 Å². The smallest absolute Gasteiger partial charge is 0.408 e. The van der Waals surface area contributed by atoms with Gasteiger partial charge in [0.25, 0.3) is 5.91 Å². The van der Waals surface area contributed by atoms with Gasteiger partial charge in [-0.25, -0.2) is 9.80 Å². The van der Waals surface area contributed by atoms with E-state index in [1.165, 1.54) is 4.57 Å². The SMILES string of the molecule is O=C(Cn1c(=O)oc2cc(Cl)ccc21)NN1CCOCC1. The van der Waals surface area contributed by atoms with Crippen LogP contribution in [0.4, 0.5) is 0 Å². The minimum absolute atomic E-state index is 0.106. The van der Waals surface area contributed by atoms with Crippen molar-refractivity contribution >= 4 is 28.6 Å². The molecule has 0 saturated carbocycles. The Hall–Kier alpha value is -1.83. The van der Waals surface area contributed by atoms with Gasteiger partial charge in [0.05, 0.1) is 18.7 Å². The van der Waals surface area contributed by atoms with Gasteiger partial charge >= 0.3 is 5.76 Å². The van der Waals surface area contributed by atoms with Crippen molar-refractivity contribution in [2.75, 3.05) is 26.3 Å². The maximum atomic E-state index is 12.0. The number of amides is 1. The highest BCUT2D eigenvalue weighted by Crippen LogP contribution is 2.18. The molecule has 1 fully saturated rings. The van der Waals surface area contributed by atoms with Gasteiger partial charge in [0.1, 0.15) is 6.54 Å². The minimum atomic E-state index is -0.579. The van der Waals surface area contributed by atoms with Crippen molar-refractivity contribution in [1.29, 1.82) is 0 Å². The van der Waals surface area contributed by atoms with Crippen molar-refractivity contribution in [2.24, 2.45) is 0 Å². The van der Waals surface area contributed by atoms with Crippen LogP contribution in [-0.4, -0.2) is 41.8 Å². The van der Waals surface area contributed by atoms with E-state index < -0.39 is 5.76 Å². The average molecular weight is 312 g/mol. The number of nitrogens with one attached hydrogen (secondary N) is 1. The molecule has 1 aliphatic rings. The first-order chi connectivity index (χ1) is 10.1. The molecule has 0 unspecified atom stereocenters. The Bertz CT molecular complexity index is 718. The predicted octanol–water partition coefficient (Wildman–Crippen LogP) is 0.611. The minimum Gasteiger partial charge on any atom is -0.408 e. The summed E-state index contributed by atoms with van der Waals surface area (Å²) < 4.78 is 11.6. The highest BCUT2D eigenvalue weighted by Gasteiger charge is 2.16. The van der Waals surface area contributed by atoms with E-state index in [0.717, 1.165) is 0 Å². The van der Waals surface area contributed by atoms with Crippen LogP contribution < -0.4 is 11.2 Å². The van der Waals surface area contributed by atoms with Crippen molar-refractivity contribution in [3.8, 4) is 0 Å². The van der Waals surface area contributed by atoms with Crippen molar-refractivity contribution < 1.29 is 13.9 Å². The van der Waals surface area contributed by atoms with Crippen LogP contribution in [0.15, 0.2) is 27.4 Å². The topological polar surface area (TPSA) is 76.7 Å². The average Bonchev–Trinajstić information content (AvgIpc) is 2.75. The molecule has 8 heteroatoms. The van der Waals surface area contributed by atoms with Gasteiger partial charge in [0.2, 0.25) is 0 Å². The number of carbonyl (C=O) groups excluding carboxylic acids is 1. The molecule has 21 heavy (non-hydrogen) atoms. The van der Waals surface area contributed by atoms with Gasteiger partial charge in [-0.3, -0.25) is 14.8 Å². The molecule has 1 N–H and O–H groups in total. The number of benzene rings is 1. The lowest BCUT2D eigenvalue weighted by Gasteiger charge is -2.26. The second-order valence-corrected chi connectivity index (χ2v) is 5.14. The van der Waals surface area contributed by atoms with Crippen LogP contribution in [0.3, 0.4) is 0 Å². The number of ether oxygens (including phenoxy) is 1. The van der Waals surface area contributed by atoms with Crippen LogP contribution in [0.25, 0.3) is 11.1 Å². The van der Waals surface area contributed by atoms with Gasteiger partial charge in [0, 0.05) is 24.2 Å². The number of carbonyl (C=O) groups is 1. The fourth-order valence-electron chi connectivity index (χ4n) is 2.22. The summed E-state index contributed by atoms with van der Waals surface area (Å²) in [6, 6.07) is 4.86. The Morgan fingerprint density at radius 3 is 2.86 bits per heavy atom. The van der Waals surface area contributed by atoms with Crippen LogP contribution in [0, 0.1) is 0 Å². The molecule has 1 aromatic carbocycles. The van der Waals surface area contributed by atoms with Crippen LogP contribution in [-0.2, 0) is 16.1 Å². The number of morpholine rings is 1. The fourth-order valence-corrected chi connectivity index (χ4v) is 2.38. The highest BCUT2D eigenvalue weighted by molar-refractivity contribution is 6.31. The molecule has 0 aliphatic carbocycles. The summed E-state index contributed by atoms with van der Waals surface area (Å²) in [6.07, 6.45) is 0. The number of rotatable bonds is 3. The second kappa shape index (κ2) is 5.88. The highest BCUT2D eigenvalue weighted by atomic mass is 35.5. The number of halogens is 1. The molecule has 0 radical (unpaired) electrons. The van der Waals surface area contributed by atoms with Gasteiger partial charge < -0.3 is 9.15 Å². The molecular weight excluding hydrogens is 298 g/mol. The van der Waals surface area contributed by atoms with Crippen LogP contribution >= 0.6 is 11.6 Å². The summed E-state index contributed by atoms with van der Waals surface area (Å²) in [5, 5.41) is 2.25. The third kappa shape index (κ3) is 3.10. The standard InChI is InChI=1S/C13H14ClN3O4/c14-9-1-2-10-11(7-9)21-13(19)17(10)8-12(18)15-16-3-5-20-6-4-16/h1-2,7H,3-6,8H2,(H,15,18). The van der Waals surface area contributed by atoms with E-state index in [2.05, 4.69) is 5.43 Å². The Kier molecular flexibility index (Phi) is 3.96. The molecule has 1 saturated heterocycles. The maximum Gasteiger partial charge on any atom is 0.420 e. The summed E-state index contributed by atoms with van der Waals surface area (Å²) in [6.45, 7) is 2.30. The van der Waals surface area contributed by atoms with E-state index in [1.54, 1.807) is 23.2 Å². The summed E-state index contributed by atoms with van der Waals surface area (Å²) >= 11 is 5.85. The molecule has 1 aliphatic heterocycles. The Morgan fingerprint density at radius 1 is 1.33 bits per heavy atom. The predicted molar refractivity (Wildman–Crippen MR) is 76.0 cm³/mol. The Labute approximate surface area is 125 Å².